The smallest absolute Gasteiger partial charge is 0.126 e. The molecule has 0 fully saturated rings. The van der Waals surface area contributed by atoms with Crippen LogP contribution in [-0.2, 0) is 6.42 Å². The van der Waals surface area contributed by atoms with E-state index < -0.39 is 0 Å². The van der Waals surface area contributed by atoms with Crippen LogP contribution in [0.2, 0.25) is 0 Å². The van der Waals surface area contributed by atoms with Crippen molar-refractivity contribution in [3.8, 4) is 5.75 Å². The van der Waals surface area contributed by atoms with Crippen molar-refractivity contribution in [1.82, 2.24) is 0 Å². The minimum Gasteiger partial charge on any atom is -0.487 e. The molecule has 2 nitrogen and oxygen atoms in total. The first kappa shape index (κ1) is 8.08. The summed E-state index contributed by atoms with van der Waals surface area (Å²) < 4.78 is 6.52. The van der Waals surface area contributed by atoms with Gasteiger partial charge < -0.3 is 9.84 Å². The fourth-order valence-corrected chi connectivity index (χ4v) is 1.91. The second-order valence-corrected chi connectivity index (χ2v) is 3.70. The molecule has 0 aromatic heterocycles. The maximum atomic E-state index is 8.89. The highest BCUT2D eigenvalue weighted by Gasteiger charge is 2.23. The Kier molecular flexibility index (Phi) is 2.07. The zero-order valence-corrected chi connectivity index (χ0v) is 8.04. The molecule has 0 aliphatic carbocycles. The standard InChI is InChI=1S/C9H9BrO2/c10-8-2-1-3-9-7(8)4-6(5-11)12-9/h1-3,6,11H,4-5H2. The lowest BCUT2D eigenvalue weighted by atomic mass is 10.1. The summed E-state index contributed by atoms with van der Waals surface area (Å²) in [7, 11) is 0. The van der Waals surface area contributed by atoms with Gasteiger partial charge in [0.15, 0.2) is 0 Å². The zero-order chi connectivity index (χ0) is 8.55. The van der Waals surface area contributed by atoms with Crippen LogP contribution in [0.3, 0.4) is 0 Å². The van der Waals surface area contributed by atoms with Gasteiger partial charge in [-0.25, -0.2) is 0 Å². The third kappa shape index (κ3) is 1.23. The van der Waals surface area contributed by atoms with E-state index in [9.17, 15) is 0 Å². The minimum absolute atomic E-state index is 0.0568. The minimum atomic E-state index is -0.0568. The number of aliphatic hydroxyl groups is 1. The monoisotopic (exact) mass is 228 g/mol. The van der Waals surface area contributed by atoms with Gasteiger partial charge in [-0.15, -0.1) is 0 Å². The quantitative estimate of drug-likeness (QED) is 0.794. The number of ether oxygens (including phenoxy) is 1. The van der Waals surface area contributed by atoms with Crippen LogP contribution < -0.4 is 4.74 Å². The van der Waals surface area contributed by atoms with E-state index in [4.69, 9.17) is 9.84 Å². The molecule has 0 spiro atoms. The van der Waals surface area contributed by atoms with Gasteiger partial charge in [-0.2, -0.15) is 0 Å². The molecule has 1 aliphatic rings. The van der Waals surface area contributed by atoms with E-state index >= 15 is 0 Å². The van der Waals surface area contributed by atoms with E-state index in [0.29, 0.717) is 0 Å². The van der Waals surface area contributed by atoms with Gasteiger partial charge in [0.1, 0.15) is 11.9 Å². The van der Waals surface area contributed by atoms with E-state index in [1.54, 1.807) is 0 Å². The number of benzene rings is 1. The normalized spacial score (nSPS) is 20.3. The van der Waals surface area contributed by atoms with Crippen molar-refractivity contribution in [2.45, 2.75) is 12.5 Å². The Bertz CT molecular complexity index is 299. The maximum Gasteiger partial charge on any atom is 0.126 e. The van der Waals surface area contributed by atoms with Crippen LogP contribution in [0.25, 0.3) is 0 Å². The summed E-state index contributed by atoms with van der Waals surface area (Å²) in [6.07, 6.45) is 0.742. The summed E-state index contributed by atoms with van der Waals surface area (Å²) in [5.74, 6) is 0.892. The van der Waals surface area contributed by atoms with E-state index in [0.717, 1.165) is 22.2 Å². The predicted molar refractivity (Wildman–Crippen MR) is 49.3 cm³/mol. The van der Waals surface area contributed by atoms with E-state index in [2.05, 4.69) is 15.9 Å². The lowest BCUT2D eigenvalue weighted by Gasteiger charge is -2.04. The molecule has 1 aliphatic heterocycles. The van der Waals surface area contributed by atoms with Crippen LogP contribution in [-0.4, -0.2) is 17.8 Å². The van der Waals surface area contributed by atoms with Gasteiger partial charge in [0.05, 0.1) is 6.61 Å². The number of rotatable bonds is 1. The van der Waals surface area contributed by atoms with Gasteiger partial charge in [0, 0.05) is 16.5 Å². The molecule has 1 aromatic carbocycles. The van der Waals surface area contributed by atoms with Gasteiger partial charge >= 0.3 is 0 Å². The van der Waals surface area contributed by atoms with E-state index in [1.807, 2.05) is 18.2 Å². The third-order valence-corrected chi connectivity index (χ3v) is 2.75. The first-order valence-electron chi connectivity index (χ1n) is 3.86. The van der Waals surface area contributed by atoms with Crippen molar-refractivity contribution < 1.29 is 9.84 Å². The summed E-state index contributed by atoms with van der Waals surface area (Å²) in [5, 5.41) is 8.89. The van der Waals surface area contributed by atoms with E-state index in [1.165, 1.54) is 0 Å². The summed E-state index contributed by atoms with van der Waals surface area (Å²) >= 11 is 3.44. The van der Waals surface area contributed by atoms with Crippen LogP contribution in [0.15, 0.2) is 22.7 Å². The summed E-state index contributed by atoms with van der Waals surface area (Å²) in [4.78, 5) is 0. The molecule has 1 unspecified atom stereocenters. The Balaban J connectivity index is 2.35. The van der Waals surface area contributed by atoms with Crippen LogP contribution in [0.5, 0.6) is 5.75 Å². The molecule has 12 heavy (non-hydrogen) atoms. The largest absolute Gasteiger partial charge is 0.487 e. The van der Waals surface area contributed by atoms with Crippen molar-refractivity contribution in [2.75, 3.05) is 6.61 Å². The second kappa shape index (κ2) is 3.07. The number of aliphatic hydroxyl groups excluding tert-OH is 1. The van der Waals surface area contributed by atoms with Gasteiger partial charge in [-0.3, -0.25) is 0 Å². The molecule has 1 atom stereocenters. The Morgan fingerprint density at radius 1 is 1.58 bits per heavy atom. The van der Waals surface area contributed by atoms with Gasteiger partial charge in [0.2, 0.25) is 0 Å². The van der Waals surface area contributed by atoms with Crippen molar-refractivity contribution in [1.29, 1.82) is 0 Å². The van der Waals surface area contributed by atoms with Crippen molar-refractivity contribution >= 4 is 15.9 Å². The molecule has 0 saturated heterocycles. The fourth-order valence-electron chi connectivity index (χ4n) is 1.40. The highest BCUT2D eigenvalue weighted by molar-refractivity contribution is 9.10. The first-order valence-corrected chi connectivity index (χ1v) is 4.65. The molecule has 1 aromatic rings. The average molecular weight is 229 g/mol. The molecule has 0 bridgehead atoms. The van der Waals surface area contributed by atoms with Crippen molar-refractivity contribution in [3.63, 3.8) is 0 Å². The number of halogens is 1. The predicted octanol–water partition coefficient (Wildman–Crippen LogP) is 1.74. The van der Waals surface area contributed by atoms with Crippen molar-refractivity contribution in [3.05, 3.63) is 28.2 Å². The number of hydrogen-bond acceptors (Lipinski definition) is 2. The number of hydrogen-bond donors (Lipinski definition) is 1. The molecule has 3 heteroatoms. The van der Waals surface area contributed by atoms with Gasteiger partial charge in [-0.05, 0) is 12.1 Å². The highest BCUT2D eigenvalue weighted by Crippen LogP contribution is 2.33. The van der Waals surface area contributed by atoms with Crippen LogP contribution in [0, 0.1) is 0 Å². The second-order valence-electron chi connectivity index (χ2n) is 2.84. The average Bonchev–Trinajstić information content (AvgIpc) is 2.49. The molecule has 0 amide bonds. The molecular weight excluding hydrogens is 220 g/mol. The van der Waals surface area contributed by atoms with E-state index in [-0.39, 0.29) is 12.7 Å². The molecule has 1 N–H and O–H groups in total. The summed E-state index contributed by atoms with van der Waals surface area (Å²) in [6.45, 7) is 0.0844. The Morgan fingerprint density at radius 2 is 2.42 bits per heavy atom. The highest BCUT2D eigenvalue weighted by atomic mass is 79.9. The van der Waals surface area contributed by atoms with Crippen LogP contribution in [0.4, 0.5) is 0 Å². The fraction of sp³-hybridized carbons (Fsp3) is 0.333. The molecule has 1 heterocycles. The van der Waals surface area contributed by atoms with Gasteiger partial charge in [-0.1, -0.05) is 22.0 Å². The Labute approximate surface area is 79.3 Å². The Hall–Kier alpha value is -0.540. The Morgan fingerprint density at radius 3 is 3.08 bits per heavy atom. The van der Waals surface area contributed by atoms with Crippen molar-refractivity contribution in [2.24, 2.45) is 0 Å². The zero-order valence-electron chi connectivity index (χ0n) is 6.46. The molecule has 64 valence electrons. The lowest BCUT2D eigenvalue weighted by Crippen LogP contribution is -2.17. The SMILES string of the molecule is OCC1Cc2c(Br)cccc2O1. The van der Waals surface area contributed by atoms with Crippen LogP contribution in [0.1, 0.15) is 5.56 Å². The lowest BCUT2D eigenvalue weighted by molar-refractivity contribution is 0.134. The molecular formula is C9H9BrO2. The summed E-state index contributed by atoms with van der Waals surface area (Å²) in [6, 6.07) is 5.85. The molecule has 0 radical (unpaired) electrons. The van der Waals surface area contributed by atoms with Gasteiger partial charge in [0.25, 0.3) is 0 Å². The number of fused-ring (bicyclic) bond motifs is 1. The van der Waals surface area contributed by atoms with Crippen LogP contribution >= 0.6 is 15.9 Å². The third-order valence-electron chi connectivity index (χ3n) is 2.00. The maximum absolute atomic E-state index is 8.89. The molecule has 0 saturated carbocycles. The first-order chi connectivity index (χ1) is 5.81. The molecule has 2 rings (SSSR count). The topological polar surface area (TPSA) is 29.5 Å². The summed E-state index contributed by atoms with van der Waals surface area (Å²) in [5.41, 5.74) is 1.16.